The SMILES string of the molecule is Cc1cc(C)cc(NC(=O)[C@@H](Sc2ncnc3ccccc23)c2ccccc2)c1. The van der Waals surface area contributed by atoms with Gasteiger partial charge in [-0.05, 0) is 48.7 Å². The van der Waals surface area contributed by atoms with Gasteiger partial charge in [0.15, 0.2) is 0 Å². The van der Waals surface area contributed by atoms with Crippen LogP contribution in [0.15, 0.2) is 84.1 Å². The van der Waals surface area contributed by atoms with E-state index in [-0.39, 0.29) is 5.91 Å². The number of carbonyl (C=O) groups excluding carboxylic acids is 1. The van der Waals surface area contributed by atoms with E-state index in [1.54, 1.807) is 6.33 Å². The summed E-state index contributed by atoms with van der Waals surface area (Å²) >= 11 is 1.44. The Morgan fingerprint density at radius 3 is 2.34 bits per heavy atom. The molecular weight excluding hydrogens is 378 g/mol. The summed E-state index contributed by atoms with van der Waals surface area (Å²) in [4.78, 5) is 22.1. The van der Waals surface area contributed by atoms with Crippen molar-refractivity contribution >= 4 is 34.3 Å². The number of fused-ring (bicyclic) bond motifs is 1. The van der Waals surface area contributed by atoms with Crippen LogP contribution in [0.3, 0.4) is 0 Å². The second kappa shape index (κ2) is 8.45. The van der Waals surface area contributed by atoms with Crippen LogP contribution in [0.25, 0.3) is 10.9 Å². The van der Waals surface area contributed by atoms with Gasteiger partial charge in [0.1, 0.15) is 16.6 Å². The normalized spacial score (nSPS) is 11.9. The first-order valence-corrected chi connectivity index (χ1v) is 10.3. The van der Waals surface area contributed by atoms with Gasteiger partial charge < -0.3 is 5.32 Å². The molecule has 0 aliphatic rings. The Morgan fingerprint density at radius 1 is 0.897 bits per heavy atom. The quantitative estimate of drug-likeness (QED) is 0.344. The van der Waals surface area contributed by atoms with E-state index >= 15 is 0 Å². The maximum atomic E-state index is 13.3. The smallest absolute Gasteiger partial charge is 0.242 e. The summed E-state index contributed by atoms with van der Waals surface area (Å²) < 4.78 is 0. The third-order valence-electron chi connectivity index (χ3n) is 4.57. The fourth-order valence-corrected chi connectivity index (χ4v) is 4.43. The molecule has 144 valence electrons. The van der Waals surface area contributed by atoms with Gasteiger partial charge in [-0.3, -0.25) is 4.79 Å². The molecule has 0 aliphatic carbocycles. The maximum Gasteiger partial charge on any atom is 0.242 e. The minimum atomic E-state index is -0.435. The number of nitrogens with one attached hydrogen (secondary N) is 1. The van der Waals surface area contributed by atoms with Crippen LogP contribution in [0.1, 0.15) is 21.9 Å². The van der Waals surface area contributed by atoms with E-state index in [1.807, 2.05) is 80.6 Å². The minimum Gasteiger partial charge on any atom is -0.325 e. The Bertz CT molecular complexity index is 1140. The van der Waals surface area contributed by atoms with Crippen molar-refractivity contribution in [3.05, 3.63) is 95.8 Å². The zero-order valence-electron chi connectivity index (χ0n) is 16.3. The van der Waals surface area contributed by atoms with Crippen LogP contribution in [-0.4, -0.2) is 15.9 Å². The molecule has 1 heterocycles. The molecule has 0 bridgehead atoms. The van der Waals surface area contributed by atoms with E-state index in [0.29, 0.717) is 0 Å². The molecule has 0 saturated carbocycles. The average Bonchev–Trinajstić information content (AvgIpc) is 2.72. The lowest BCUT2D eigenvalue weighted by atomic mass is 10.1. The number of hydrogen-bond acceptors (Lipinski definition) is 4. The monoisotopic (exact) mass is 399 g/mol. The van der Waals surface area contributed by atoms with Crippen molar-refractivity contribution in [3.8, 4) is 0 Å². The number of aromatic nitrogens is 2. The Labute approximate surface area is 174 Å². The van der Waals surface area contributed by atoms with Gasteiger partial charge in [-0.2, -0.15) is 0 Å². The number of para-hydroxylation sites is 1. The van der Waals surface area contributed by atoms with Crippen molar-refractivity contribution in [2.24, 2.45) is 0 Å². The van der Waals surface area contributed by atoms with E-state index in [4.69, 9.17) is 0 Å². The standard InChI is InChI=1S/C24H21N3OS/c1-16-12-17(2)14-19(13-16)27-23(28)22(18-8-4-3-5-9-18)29-24-20-10-6-7-11-21(20)25-15-26-24/h3-15,22H,1-2H3,(H,27,28)/t22-/m0/s1. The summed E-state index contributed by atoms with van der Waals surface area (Å²) in [6.07, 6.45) is 1.55. The fraction of sp³-hybridized carbons (Fsp3) is 0.125. The molecule has 3 aromatic carbocycles. The van der Waals surface area contributed by atoms with E-state index in [9.17, 15) is 4.79 Å². The summed E-state index contributed by atoms with van der Waals surface area (Å²) in [6, 6.07) is 23.7. The van der Waals surface area contributed by atoms with E-state index in [0.717, 1.165) is 38.3 Å². The average molecular weight is 400 g/mol. The third kappa shape index (κ3) is 4.46. The van der Waals surface area contributed by atoms with E-state index in [1.165, 1.54) is 11.8 Å². The summed E-state index contributed by atoms with van der Waals surface area (Å²) in [7, 11) is 0. The molecular formula is C24H21N3OS. The van der Waals surface area contributed by atoms with Gasteiger partial charge in [-0.1, -0.05) is 66.4 Å². The fourth-order valence-electron chi connectivity index (χ4n) is 3.34. The lowest BCUT2D eigenvalue weighted by molar-refractivity contribution is -0.115. The van der Waals surface area contributed by atoms with Crippen LogP contribution in [0.4, 0.5) is 5.69 Å². The molecule has 0 radical (unpaired) electrons. The molecule has 0 spiro atoms. The van der Waals surface area contributed by atoms with Crippen LogP contribution in [0.2, 0.25) is 0 Å². The predicted octanol–water partition coefficient (Wildman–Crippen LogP) is 5.72. The highest BCUT2D eigenvalue weighted by Gasteiger charge is 2.24. The Kier molecular flexibility index (Phi) is 5.58. The number of hydrogen-bond donors (Lipinski definition) is 1. The molecule has 1 atom stereocenters. The lowest BCUT2D eigenvalue weighted by Gasteiger charge is -2.18. The van der Waals surface area contributed by atoms with Crippen molar-refractivity contribution in [3.63, 3.8) is 0 Å². The molecule has 1 amide bonds. The molecule has 4 rings (SSSR count). The number of nitrogens with zero attached hydrogens (tertiary/aromatic N) is 2. The highest BCUT2D eigenvalue weighted by Crippen LogP contribution is 2.38. The molecule has 0 unspecified atom stereocenters. The van der Waals surface area contributed by atoms with Crippen LogP contribution in [0.5, 0.6) is 0 Å². The number of amides is 1. The zero-order chi connectivity index (χ0) is 20.2. The van der Waals surface area contributed by atoms with Crippen molar-refractivity contribution in [1.29, 1.82) is 0 Å². The minimum absolute atomic E-state index is 0.0751. The van der Waals surface area contributed by atoms with Crippen LogP contribution < -0.4 is 5.32 Å². The molecule has 1 aromatic heterocycles. The number of rotatable bonds is 5. The van der Waals surface area contributed by atoms with Gasteiger partial charge in [0, 0.05) is 11.1 Å². The van der Waals surface area contributed by atoms with Crippen molar-refractivity contribution in [2.45, 2.75) is 24.1 Å². The number of benzene rings is 3. The van der Waals surface area contributed by atoms with Gasteiger partial charge in [0.25, 0.3) is 0 Å². The Balaban J connectivity index is 1.69. The van der Waals surface area contributed by atoms with Gasteiger partial charge in [0.05, 0.1) is 5.52 Å². The second-order valence-electron chi connectivity index (χ2n) is 6.97. The Hall–Kier alpha value is -3.18. The van der Waals surface area contributed by atoms with Gasteiger partial charge in [-0.25, -0.2) is 9.97 Å². The number of anilines is 1. The van der Waals surface area contributed by atoms with Crippen LogP contribution >= 0.6 is 11.8 Å². The highest BCUT2D eigenvalue weighted by molar-refractivity contribution is 8.00. The van der Waals surface area contributed by atoms with Crippen LogP contribution in [0, 0.1) is 13.8 Å². The third-order valence-corrected chi connectivity index (χ3v) is 5.84. The molecule has 29 heavy (non-hydrogen) atoms. The number of carbonyl (C=O) groups is 1. The summed E-state index contributed by atoms with van der Waals surface area (Å²) in [5.74, 6) is -0.0751. The predicted molar refractivity (Wildman–Crippen MR) is 119 cm³/mol. The van der Waals surface area contributed by atoms with E-state index < -0.39 is 5.25 Å². The molecule has 4 nitrogen and oxygen atoms in total. The van der Waals surface area contributed by atoms with E-state index in [2.05, 4.69) is 21.4 Å². The zero-order valence-corrected chi connectivity index (χ0v) is 17.1. The highest BCUT2D eigenvalue weighted by atomic mass is 32.2. The lowest BCUT2D eigenvalue weighted by Crippen LogP contribution is -2.19. The molecule has 4 aromatic rings. The number of aryl methyl sites for hydroxylation is 2. The number of thioether (sulfide) groups is 1. The first kappa shape index (κ1) is 19.2. The van der Waals surface area contributed by atoms with Gasteiger partial charge >= 0.3 is 0 Å². The largest absolute Gasteiger partial charge is 0.325 e. The first-order chi connectivity index (χ1) is 14.1. The van der Waals surface area contributed by atoms with Crippen LogP contribution in [-0.2, 0) is 4.79 Å². The topological polar surface area (TPSA) is 54.9 Å². The van der Waals surface area contributed by atoms with Crippen molar-refractivity contribution in [1.82, 2.24) is 9.97 Å². The second-order valence-corrected chi connectivity index (χ2v) is 8.06. The maximum absolute atomic E-state index is 13.3. The Morgan fingerprint density at radius 2 is 1.59 bits per heavy atom. The summed E-state index contributed by atoms with van der Waals surface area (Å²) in [5, 5.41) is 4.39. The molecule has 0 saturated heterocycles. The van der Waals surface area contributed by atoms with Gasteiger partial charge in [0.2, 0.25) is 5.91 Å². The summed E-state index contributed by atoms with van der Waals surface area (Å²) in [6.45, 7) is 4.05. The van der Waals surface area contributed by atoms with Crippen molar-refractivity contribution < 1.29 is 4.79 Å². The van der Waals surface area contributed by atoms with Gasteiger partial charge in [-0.15, -0.1) is 0 Å². The molecule has 0 aliphatic heterocycles. The summed E-state index contributed by atoms with van der Waals surface area (Å²) in [5.41, 5.74) is 4.84. The first-order valence-electron chi connectivity index (χ1n) is 9.40. The molecule has 1 N–H and O–H groups in total. The molecule has 0 fully saturated rings. The van der Waals surface area contributed by atoms with Crippen molar-refractivity contribution in [2.75, 3.05) is 5.32 Å². The molecule has 5 heteroatoms.